The number of pyridine rings is 1. The maximum absolute atomic E-state index is 5.97. The molecule has 0 amide bonds. The van der Waals surface area contributed by atoms with Crippen LogP contribution in [-0.2, 0) is 6.54 Å². The van der Waals surface area contributed by atoms with E-state index in [1.54, 1.807) is 0 Å². The third-order valence-electron chi connectivity index (χ3n) is 3.92. The van der Waals surface area contributed by atoms with Crippen LogP contribution in [0.15, 0.2) is 24.5 Å². The summed E-state index contributed by atoms with van der Waals surface area (Å²) in [5.41, 5.74) is 2.02. The molecule has 0 spiro atoms. The van der Waals surface area contributed by atoms with Gasteiger partial charge in [0.2, 0.25) is 0 Å². The maximum atomic E-state index is 5.97. The van der Waals surface area contributed by atoms with Gasteiger partial charge in [0.25, 0.3) is 0 Å². The molecule has 1 saturated carbocycles. The van der Waals surface area contributed by atoms with E-state index in [1.165, 1.54) is 19.3 Å². The van der Waals surface area contributed by atoms with Crippen molar-refractivity contribution >= 4 is 29.0 Å². The van der Waals surface area contributed by atoms with E-state index in [2.05, 4.69) is 16.6 Å². The Morgan fingerprint density at radius 1 is 1.42 bits per heavy atom. The lowest BCUT2D eigenvalue weighted by Crippen LogP contribution is -2.43. The van der Waals surface area contributed by atoms with Crippen LogP contribution in [0.25, 0.3) is 5.65 Å². The maximum Gasteiger partial charge on any atom is 0.137 e. The van der Waals surface area contributed by atoms with Gasteiger partial charge in [-0.2, -0.15) is 11.8 Å². The number of hydrogen-bond donors (Lipinski definition) is 1. The summed E-state index contributed by atoms with van der Waals surface area (Å²) in [6, 6.07) is 3.82. The number of aromatic nitrogens is 2. The van der Waals surface area contributed by atoms with Gasteiger partial charge in [-0.25, -0.2) is 4.98 Å². The number of hydrogen-bond acceptors (Lipinski definition) is 3. The molecule has 0 atom stereocenters. The quantitative estimate of drug-likeness (QED) is 0.917. The summed E-state index contributed by atoms with van der Waals surface area (Å²) >= 11 is 7.97. The van der Waals surface area contributed by atoms with Gasteiger partial charge in [0.15, 0.2) is 0 Å². The fraction of sp³-hybridized carbons (Fsp3) is 0.500. The summed E-state index contributed by atoms with van der Waals surface area (Å²) in [4.78, 5) is 4.58. The van der Waals surface area contributed by atoms with E-state index in [4.69, 9.17) is 11.6 Å². The zero-order valence-corrected chi connectivity index (χ0v) is 12.6. The fourth-order valence-electron chi connectivity index (χ4n) is 2.54. The summed E-state index contributed by atoms with van der Waals surface area (Å²) in [7, 11) is 0. The molecule has 19 heavy (non-hydrogen) atoms. The molecular weight excluding hydrogens is 278 g/mol. The van der Waals surface area contributed by atoms with Gasteiger partial charge in [-0.3, -0.25) is 0 Å². The second-order valence-electron chi connectivity index (χ2n) is 5.19. The number of nitrogens with zero attached hydrogens (tertiary/aromatic N) is 2. The van der Waals surface area contributed by atoms with E-state index >= 15 is 0 Å². The lowest BCUT2D eigenvalue weighted by Gasteiger charge is -2.40. The Bertz CT molecular complexity index is 572. The molecule has 0 unspecified atom stereocenters. The highest BCUT2D eigenvalue weighted by molar-refractivity contribution is 8.00. The van der Waals surface area contributed by atoms with Crippen LogP contribution >= 0.6 is 23.4 Å². The molecule has 0 aromatic carbocycles. The van der Waals surface area contributed by atoms with E-state index < -0.39 is 0 Å². The van der Waals surface area contributed by atoms with Crippen molar-refractivity contribution in [1.29, 1.82) is 0 Å². The normalized spacial score (nSPS) is 17.6. The highest BCUT2D eigenvalue weighted by atomic mass is 35.5. The van der Waals surface area contributed by atoms with Crippen LogP contribution in [0.3, 0.4) is 0 Å². The molecule has 0 bridgehead atoms. The molecule has 0 saturated heterocycles. The summed E-state index contributed by atoms with van der Waals surface area (Å²) < 4.78 is 2.45. The first-order chi connectivity index (χ1) is 9.21. The first-order valence-corrected chi connectivity index (χ1v) is 8.20. The van der Waals surface area contributed by atoms with Crippen molar-refractivity contribution in [3.8, 4) is 0 Å². The number of nitrogens with one attached hydrogen (secondary N) is 1. The molecule has 1 aliphatic carbocycles. The van der Waals surface area contributed by atoms with Gasteiger partial charge >= 0.3 is 0 Å². The Hall–Kier alpha value is -0.710. The summed E-state index contributed by atoms with van der Waals surface area (Å²) in [5, 5.41) is 4.28. The van der Waals surface area contributed by atoms with E-state index in [0.29, 0.717) is 4.75 Å². The van der Waals surface area contributed by atoms with Crippen molar-refractivity contribution in [2.24, 2.45) is 0 Å². The molecule has 2 aromatic rings. The average Bonchev–Trinajstić information content (AvgIpc) is 2.74. The highest BCUT2D eigenvalue weighted by Crippen LogP contribution is 2.42. The predicted octanol–water partition coefficient (Wildman–Crippen LogP) is 3.36. The fourth-order valence-corrected chi connectivity index (χ4v) is 3.66. The van der Waals surface area contributed by atoms with Crippen LogP contribution in [-0.4, -0.2) is 26.9 Å². The molecule has 2 aromatic heterocycles. The Morgan fingerprint density at radius 3 is 2.95 bits per heavy atom. The minimum Gasteiger partial charge on any atom is -0.310 e. The molecule has 1 fully saturated rings. The van der Waals surface area contributed by atoms with Crippen molar-refractivity contribution in [2.45, 2.75) is 30.6 Å². The minimum absolute atomic E-state index is 0.475. The molecule has 102 valence electrons. The van der Waals surface area contributed by atoms with E-state index in [1.807, 2.05) is 40.7 Å². The number of fused-ring (bicyclic) bond motifs is 1. The summed E-state index contributed by atoms with van der Waals surface area (Å²) in [6.45, 7) is 1.89. The Kier molecular flexibility index (Phi) is 3.74. The molecule has 5 heteroatoms. The van der Waals surface area contributed by atoms with E-state index in [-0.39, 0.29) is 0 Å². The van der Waals surface area contributed by atoms with Crippen molar-refractivity contribution < 1.29 is 0 Å². The van der Waals surface area contributed by atoms with Crippen molar-refractivity contribution in [3.63, 3.8) is 0 Å². The molecule has 3 nitrogen and oxygen atoms in total. The van der Waals surface area contributed by atoms with E-state index in [9.17, 15) is 0 Å². The third-order valence-corrected chi connectivity index (χ3v) is 5.56. The monoisotopic (exact) mass is 295 g/mol. The van der Waals surface area contributed by atoms with Gasteiger partial charge in [0.05, 0.1) is 10.7 Å². The van der Waals surface area contributed by atoms with Crippen LogP contribution < -0.4 is 5.32 Å². The average molecular weight is 296 g/mol. The topological polar surface area (TPSA) is 29.3 Å². The minimum atomic E-state index is 0.475. The summed E-state index contributed by atoms with van der Waals surface area (Å²) in [5.74, 6) is 0. The predicted molar refractivity (Wildman–Crippen MR) is 82.0 cm³/mol. The molecule has 3 rings (SSSR count). The zero-order valence-electron chi connectivity index (χ0n) is 11.0. The SMILES string of the molecule is CSC1(CNCc2cn3cc(Cl)ccc3n2)CCC1. The second kappa shape index (κ2) is 5.35. The van der Waals surface area contributed by atoms with Crippen molar-refractivity contribution in [1.82, 2.24) is 14.7 Å². The van der Waals surface area contributed by atoms with Crippen LogP contribution in [0.1, 0.15) is 25.0 Å². The van der Waals surface area contributed by atoms with Gasteiger partial charge in [0.1, 0.15) is 5.65 Å². The molecule has 1 N–H and O–H groups in total. The van der Waals surface area contributed by atoms with Crippen LogP contribution in [0.2, 0.25) is 5.02 Å². The lowest BCUT2D eigenvalue weighted by molar-refractivity contribution is 0.345. The number of halogens is 1. The van der Waals surface area contributed by atoms with Gasteiger partial charge in [-0.05, 0) is 31.2 Å². The van der Waals surface area contributed by atoms with Gasteiger partial charge in [-0.1, -0.05) is 18.0 Å². The lowest BCUT2D eigenvalue weighted by atomic mass is 9.84. The smallest absolute Gasteiger partial charge is 0.137 e. The van der Waals surface area contributed by atoms with Crippen LogP contribution in [0.4, 0.5) is 0 Å². The van der Waals surface area contributed by atoms with Gasteiger partial charge in [0, 0.05) is 30.2 Å². The van der Waals surface area contributed by atoms with Gasteiger partial charge in [-0.15, -0.1) is 0 Å². The standard InChI is InChI=1S/C14H18ClN3S/c1-19-14(5-2-6-14)10-16-7-12-9-18-8-11(15)3-4-13(18)17-12/h3-4,8-9,16H,2,5-7,10H2,1H3. The highest BCUT2D eigenvalue weighted by Gasteiger charge is 2.35. The van der Waals surface area contributed by atoms with Crippen molar-refractivity contribution in [3.05, 3.63) is 35.2 Å². The molecular formula is C14H18ClN3S. The molecule has 1 aliphatic rings. The summed E-state index contributed by atoms with van der Waals surface area (Å²) in [6.07, 6.45) is 10.2. The largest absolute Gasteiger partial charge is 0.310 e. The molecule has 2 heterocycles. The van der Waals surface area contributed by atoms with Crippen molar-refractivity contribution in [2.75, 3.05) is 12.8 Å². The van der Waals surface area contributed by atoms with E-state index in [0.717, 1.165) is 29.5 Å². The van der Waals surface area contributed by atoms with Gasteiger partial charge < -0.3 is 9.72 Å². The first-order valence-electron chi connectivity index (χ1n) is 6.60. The van der Waals surface area contributed by atoms with Crippen LogP contribution in [0, 0.1) is 0 Å². The number of imidazole rings is 1. The Morgan fingerprint density at radius 2 is 2.26 bits per heavy atom. The zero-order chi connectivity index (χ0) is 13.3. The Labute approximate surface area is 122 Å². The number of rotatable bonds is 5. The van der Waals surface area contributed by atoms with Crippen LogP contribution in [0.5, 0.6) is 0 Å². The second-order valence-corrected chi connectivity index (χ2v) is 6.90. The first kappa shape index (κ1) is 13.3. The molecule has 0 aliphatic heterocycles. The molecule has 0 radical (unpaired) electrons. The number of thioether (sulfide) groups is 1. The Balaban J connectivity index is 1.62. The third kappa shape index (κ3) is 2.76.